The van der Waals surface area contributed by atoms with Gasteiger partial charge < -0.3 is 5.32 Å². The molecular formula is C16H24N2O5S2. The number of sulfone groups is 1. The molecule has 1 fully saturated rings. The Balaban J connectivity index is 2.06. The van der Waals surface area contributed by atoms with Crippen LogP contribution >= 0.6 is 0 Å². The monoisotopic (exact) mass is 388 g/mol. The Morgan fingerprint density at radius 1 is 1.32 bits per heavy atom. The molecule has 0 bridgehead atoms. The number of aryl methyl sites for hydroxylation is 2. The molecule has 1 N–H and O–H groups in total. The summed E-state index contributed by atoms with van der Waals surface area (Å²) in [6.45, 7) is 3.70. The molecule has 0 saturated carbocycles. The first-order valence-electron chi connectivity index (χ1n) is 8.03. The van der Waals surface area contributed by atoms with Crippen molar-refractivity contribution in [3.05, 3.63) is 29.3 Å². The highest BCUT2D eigenvalue weighted by atomic mass is 32.2. The van der Waals surface area contributed by atoms with Crippen molar-refractivity contribution < 1.29 is 21.6 Å². The van der Waals surface area contributed by atoms with Gasteiger partial charge in [0.05, 0.1) is 23.4 Å². The molecule has 1 aromatic rings. The van der Waals surface area contributed by atoms with E-state index >= 15 is 0 Å². The minimum Gasteiger partial charge on any atom is -0.352 e. The first-order chi connectivity index (χ1) is 11.5. The Kier molecular flexibility index (Phi) is 5.78. The fraction of sp³-hybridized carbons (Fsp3) is 0.562. The van der Waals surface area contributed by atoms with E-state index in [0.29, 0.717) is 12.1 Å². The largest absolute Gasteiger partial charge is 0.352 e. The Hall–Kier alpha value is -1.61. The van der Waals surface area contributed by atoms with Gasteiger partial charge in [0, 0.05) is 19.0 Å². The van der Waals surface area contributed by atoms with Crippen LogP contribution in [0.5, 0.6) is 0 Å². The van der Waals surface area contributed by atoms with Crippen molar-refractivity contribution in [3.63, 3.8) is 0 Å². The summed E-state index contributed by atoms with van der Waals surface area (Å²) in [4.78, 5) is 12.1. The Labute approximate surface area is 149 Å². The van der Waals surface area contributed by atoms with E-state index in [-0.39, 0.29) is 36.4 Å². The van der Waals surface area contributed by atoms with Gasteiger partial charge in [-0.05, 0) is 37.5 Å². The highest BCUT2D eigenvalue weighted by Crippen LogP contribution is 2.24. The van der Waals surface area contributed by atoms with Crippen LogP contribution in [-0.4, -0.2) is 53.1 Å². The maximum absolute atomic E-state index is 12.2. The third-order valence-electron chi connectivity index (χ3n) is 4.17. The van der Waals surface area contributed by atoms with Crippen LogP contribution in [-0.2, 0) is 24.7 Å². The van der Waals surface area contributed by atoms with Gasteiger partial charge in [0.1, 0.15) is 0 Å². The van der Waals surface area contributed by atoms with Gasteiger partial charge in [-0.25, -0.2) is 16.8 Å². The molecule has 1 amide bonds. The summed E-state index contributed by atoms with van der Waals surface area (Å²) in [6, 6.07) is 5.13. The van der Waals surface area contributed by atoms with Crippen LogP contribution in [0.2, 0.25) is 0 Å². The molecular weight excluding hydrogens is 364 g/mol. The number of hydrogen-bond donors (Lipinski definition) is 1. The lowest BCUT2D eigenvalue weighted by molar-refractivity contribution is -0.121. The van der Waals surface area contributed by atoms with E-state index < -0.39 is 19.9 Å². The maximum atomic E-state index is 12.2. The van der Waals surface area contributed by atoms with Gasteiger partial charge >= 0.3 is 0 Å². The van der Waals surface area contributed by atoms with Crippen LogP contribution in [0.15, 0.2) is 18.2 Å². The lowest BCUT2D eigenvalue weighted by atomic mass is 10.1. The van der Waals surface area contributed by atoms with Crippen LogP contribution in [0.3, 0.4) is 0 Å². The van der Waals surface area contributed by atoms with Gasteiger partial charge in [0.2, 0.25) is 15.9 Å². The number of carbonyl (C=O) groups excluding carboxylic acids is 1. The number of carbonyl (C=O) groups is 1. The highest BCUT2D eigenvalue weighted by molar-refractivity contribution is 7.92. The van der Waals surface area contributed by atoms with Crippen LogP contribution in [0, 0.1) is 13.8 Å². The maximum Gasteiger partial charge on any atom is 0.232 e. The molecule has 0 radical (unpaired) electrons. The fourth-order valence-electron chi connectivity index (χ4n) is 2.86. The molecule has 1 heterocycles. The first-order valence-corrected chi connectivity index (χ1v) is 11.7. The van der Waals surface area contributed by atoms with E-state index in [2.05, 4.69) is 5.32 Å². The molecule has 1 aromatic carbocycles. The van der Waals surface area contributed by atoms with Crippen molar-refractivity contribution in [2.45, 2.75) is 32.7 Å². The number of nitrogens with one attached hydrogen (secondary N) is 1. The molecule has 1 atom stereocenters. The number of sulfonamides is 1. The van der Waals surface area contributed by atoms with Crippen molar-refractivity contribution in [2.24, 2.45) is 0 Å². The molecule has 25 heavy (non-hydrogen) atoms. The topological polar surface area (TPSA) is 101 Å². The minimum absolute atomic E-state index is 0.00836. The molecule has 0 aliphatic carbocycles. The van der Waals surface area contributed by atoms with Crippen molar-refractivity contribution in [1.82, 2.24) is 5.32 Å². The number of benzene rings is 1. The van der Waals surface area contributed by atoms with Gasteiger partial charge in [0.15, 0.2) is 9.84 Å². The average molecular weight is 389 g/mol. The molecule has 0 spiro atoms. The van der Waals surface area contributed by atoms with E-state index in [1.165, 1.54) is 4.31 Å². The number of anilines is 1. The minimum atomic E-state index is -3.54. The quantitative estimate of drug-likeness (QED) is 0.775. The van der Waals surface area contributed by atoms with Crippen molar-refractivity contribution in [3.8, 4) is 0 Å². The summed E-state index contributed by atoms with van der Waals surface area (Å²) >= 11 is 0. The zero-order valence-electron chi connectivity index (χ0n) is 14.6. The SMILES string of the molecule is Cc1ccc(C)c(N(CCC(=O)NC2CCS(=O)(=O)C2)S(C)(=O)=O)c1. The summed E-state index contributed by atoms with van der Waals surface area (Å²) in [5.41, 5.74) is 2.28. The third-order valence-corrected chi connectivity index (χ3v) is 7.12. The predicted octanol–water partition coefficient (Wildman–Crippen LogP) is 0.763. The third kappa shape index (κ3) is 5.43. The van der Waals surface area contributed by atoms with E-state index in [4.69, 9.17) is 0 Å². The Morgan fingerprint density at radius 2 is 2.00 bits per heavy atom. The predicted molar refractivity (Wildman–Crippen MR) is 97.9 cm³/mol. The second kappa shape index (κ2) is 7.33. The zero-order chi connectivity index (χ0) is 18.8. The summed E-state index contributed by atoms with van der Waals surface area (Å²) in [5, 5.41) is 2.68. The number of hydrogen-bond acceptors (Lipinski definition) is 5. The molecule has 1 unspecified atom stereocenters. The highest BCUT2D eigenvalue weighted by Gasteiger charge is 2.29. The van der Waals surface area contributed by atoms with E-state index in [1.54, 1.807) is 6.07 Å². The van der Waals surface area contributed by atoms with Crippen LogP contribution in [0.1, 0.15) is 24.0 Å². The zero-order valence-corrected chi connectivity index (χ0v) is 16.3. The molecule has 2 rings (SSSR count). The van der Waals surface area contributed by atoms with Crippen molar-refractivity contribution >= 4 is 31.5 Å². The lowest BCUT2D eigenvalue weighted by Gasteiger charge is -2.24. The Bertz CT molecular complexity index is 863. The normalized spacial score (nSPS) is 19.6. The molecule has 0 aromatic heterocycles. The molecule has 1 aliphatic heterocycles. The van der Waals surface area contributed by atoms with Gasteiger partial charge in [-0.1, -0.05) is 12.1 Å². The fourth-order valence-corrected chi connectivity index (χ4v) is 5.52. The summed E-state index contributed by atoms with van der Waals surface area (Å²) in [5.74, 6) is -0.317. The second-order valence-corrected chi connectivity index (χ2v) is 10.7. The van der Waals surface area contributed by atoms with Crippen molar-refractivity contribution in [2.75, 3.05) is 28.6 Å². The van der Waals surface area contributed by atoms with E-state index in [0.717, 1.165) is 17.4 Å². The van der Waals surface area contributed by atoms with Crippen molar-refractivity contribution in [1.29, 1.82) is 0 Å². The van der Waals surface area contributed by atoms with E-state index in [1.807, 2.05) is 26.0 Å². The summed E-state index contributed by atoms with van der Waals surface area (Å²) in [7, 11) is -6.61. The van der Waals surface area contributed by atoms with Gasteiger partial charge in [-0.15, -0.1) is 0 Å². The summed E-state index contributed by atoms with van der Waals surface area (Å²) in [6.07, 6.45) is 1.48. The van der Waals surface area contributed by atoms with Gasteiger partial charge in [-0.2, -0.15) is 0 Å². The number of nitrogens with zero attached hydrogens (tertiary/aromatic N) is 1. The molecule has 9 heteroatoms. The smallest absolute Gasteiger partial charge is 0.232 e. The number of amides is 1. The number of rotatable bonds is 6. The molecule has 1 aliphatic rings. The molecule has 1 saturated heterocycles. The first kappa shape index (κ1) is 19.7. The van der Waals surface area contributed by atoms with Crippen LogP contribution < -0.4 is 9.62 Å². The molecule has 140 valence electrons. The summed E-state index contributed by atoms with van der Waals surface area (Å²) < 4.78 is 48.4. The lowest BCUT2D eigenvalue weighted by Crippen LogP contribution is -2.39. The standard InChI is InChI=1S/C16H24N2O5S2/c1-12-4-5-13(2)15(10-12)18(24(3,20)21)8-6-16(19)17-14-7-9-25(22,23)11-14/h4-5,10,14H,6-9,11H2,1-3H3,(H,17,19). The van der Waals surface area contributed by atoms with Gasteiger partial charge in [-0.3, -0.25) is 9.10 Å². The Morgan fingerprint density at radius 3 is 2.56 bits per heavy atom. The molecule has 7 nitrogen and oxygen atoms in total. The van der Waals surface area contributed by atoms with Crippen LogP contribution in [0.25, 0.3) is 0 Å². The van der Waals surface area contributed by atoms with Crippen LogP contribution in [0.4, 0.5) is 5.69 Å². The average Bonchev–Trinajstić information content (AvgIpc) is 2.80. The van der Waals surface area contributed by atoms with Gasteiger partial charge in [0.25, 0.3) is 0 Å². The second-order valence-electron chi connectivity index (χ2n) is 6.54. The van der Waals surface area contributed by atoms with E-state index in [9.17, 15) is 21.6 Å².